The molecule has 0 atom stereocenters. The maximum Gasteiger partial charge on any atom is 2.00 e. The fourth-order valence-corrected chi connectivity index (χ4v) is 9.96. The SMILES string of the molecule is CC(C)(C)c1ccnc(-c2cc(C(C)(C)C)ccn2)c1.O[B-](c1c(F)c(F)c(F)c(F)c1F)(c1c(F)c(F)c(F)c(F)c1F)c1c(F)c(F)c(F)c(F)c1F.[CH3-].[Pt+2].c1ccc(P(c2ccccc2)c2ccccc2)cc1. The first-order valence-electron chi connectivity index (χ1n) is 22.0. The van der Waals surface area contributed by atoms with E-state index in [9.17, 15) is 70.9 Å². The normalized spacial score (nSPS) is 11.5. The molecule has 0 radical (unpaired) electrons. The molecule has 1 N–H and O–H groups in total. The van der Waals surface area contributed by atoms with E-state index < -0.39 is 118 Å². The molecule has 0 spiro atoms. The third-order valence-electron chi connectivity index (χ3n) is 11.5. The standard InChI is InChI=1S/C18HBF15O.C18H24N2.C18H15P.CH3.Pt/c20-4-1(5(21)11(27)16(32)10(4)26)19(35,2-6(22)12(28)17(33)13(29)7(2)23)3-8(24)14(30)18(34)15(31)9(3)25;1-17(2,3)13-7-9-19-15(11-13)16-12-14(8-10-20-16)18(4,5)6;1-4-10-16(11-5-1)19(17-12-6-2-7-13-17)18-14-8-3-9-15-18;;/h35H;7-12H,1-6H3;1-15H;1H3;/q-1;;;-1;+2. The summed E-state index contributed by atoms with van der Waals surface area (Å²) in [6.07, 6.45) is -2.66. The molecule has 0 saturated carbocycles. The summed E-state index contributed by atoms with van der Waals surface area (Å²) in [7, 11) is -0.446. The van der Waals surface area contributed by atoms with Gasteiger partial charge in [0.15, 0.2) is 52.4 Å². The molecule has 76 heavy (non-hydrogen) atoms. The predicted molar refractivity (Wildman–Crippen MR) is 262 cm³/mol. The van der Waals surface area contributed by atoms with Gasteiger partial charge in [-0.25, -0.2) is 65.9 Å². The predicted octanol–water partition coefficient (Wildman–Crippen LogP) is 12.4. The molecule has 2 aromatic heterocycles. The molecule has 0 unspecified atom stereocenters. The number of hydrogen-bond donors (Lipinski definition) is 1. The van der Waals surface area contributed by atoms with Crippen LogP contribution in [-0.2, 0) is 31.9 Å². The van der Waals surface area contributed by atoms with Crippen LogP contribution in [0.2, 0.25) is 0 Å². The van der Waals surface area contributed by atoms with Gasteiger partial charge in [-0.05, 0) is 70.1 Å². The summed E-state index contributed by atoms with van der Waals surface area (Å²) in [5.41, 5.74) is -4.52. The van der Waals surface area contributed by atoms with E-state index >= 15 is 0 Å². The van der Waals surface area contributed by atoms with Crippen molar-refractivity contribution in [1.29, 1.82) is 0 Å². The van der Waals surface area contributed by atoms with Gasteiger partial charge in [-0.3, -0.25) is 9.97 Å². The first-order valence-corrected chi connectivity index (χ1v) is 23.3. The molecular formula is C55H43BF15N2OPPt. The number of benzene rings is 6. The van der Waals surface area contributed by atoms with Gasteiger partial charge in [-0.1, -0.05) is 149 Å². The van der Waals surface area contributed by atoms with Crippen LogP contribution in [0.3, 0.4) is 0 Å². The van der Waals surface area contributed by atoms with Crippen LogP contribution in [-0.4, -0.2) is 21.3 Å². The Morgan fingerprint density at radius 1 is 0.355 bits per heavy atom. The van der Waals surface area contributed by atoms with Gasteiger partial charge in [0, 0.05) is 12.4 Å². The van der Waals surface area contributed by atoms with Crippen molar-refractivity contribution in [2.45, 2.75) is 52.4 Å². The van der Waals surface area contributed by atoms with E-state index in [2.05, 4.69) is 167 Å². The van der Waals surface area contributed by atoms with Crippen LogP contribution in [0.25, 0.3) is 11.4 Å². The summed E-state index contributed by atoms with van der Waals surface area (Å²) in [5.74, 6) is -47.9. The molecule has 0 aliphatic carbocycles. The Bertz CT molecular complexity index is 2940. The zero-order valence-corrected chi connectivity index (χ0v) is 44.1. The van der Waals surface area contributed by atoms with Gasteiger partial charge < -0.3 is 12.5 Å². The van der Waals surface area contributed by atoms with Crippen LogP contribution in [0, 0.1) is 94.7 Å². The molecule has 0 amide bonds. The Kier molecular flexibility index (Phi) is 20.3. The van der Waals surface area contributed by atoms with Crippen LogP contribution in [0.4, 0.5) is 65.9 Å². The van der Waals surface area contributed by atoms with Crippen LogP contribution in [0.1, 0.15) is 52.7 Å². The molecular weight excluding hydrogens is 1230 g/mol. The maximum absolute atomic E-state index is 14.5. The molecule has 3 nitrogen and oxygen atoms in total. The van der Waals surface area contributed by atoms with Crippen molar-refractivity contribution in [3.05, 3.63) is 233 Å². The zero-order chi connectivity index (χ0) is 54.8. The Labute approximate surface area is 443 Å². The van der Waals surface area contributed by atoms with Crippen molar-refractivity contribution >= 4 is 46.6 Å². The van der Waals surface area contributed by atoms with Crippen LogP contribution in [0.5, 0.6) is 0 Å². The minimum Gasteiger partial charge on any atom is -0.594 e. The van der Waals surface area contributed by atoms with Gasteiger partial charge in [0.1, 0.15) is 34.9 Å². The molecule has 21 heteroatoms. The molecule has 402 valence electrons. The molecule has 0 aliphatic heterocycles. The number of pyridine rings is 2. The fraction of sp³-hybridized carbons (Fsp3) is 0.145. The summed E-state index contributed by atoms with van der Waals surface area (Å²) >= 11 is 0. The van der Waals surface area contributed by atoms with Gasteiger partial charge in [-0.15, -0.1) is 0 Å². The maximum atomic E-state index is 14.5. The fourth-order valence-electron chi connectivity index (χ4n) is 7.65. The van der Waals surface area contributed by atoms with E-state index in [1.807, 2.05) is 12.4 Å². The van der Waals surface area contributed by atoms with Gasteiger partial charge in [-0.2, -0.15) is 0 Å². The Balaban J connectivity index is 0.000000260. The van der Waals surface area contributed by atoms with E-state index in [0.29, 0.717) is 0 Å². The molecule has 8 aromatic rings. The van der Waals surface area contributed by atoms with Crippen LogP contribution < -0.4 is 32.3 Å². The number of aromatic nitrogens is 2. The summed E-state index contributed by atoms with van der Waals surface area (Å²) < 4.78 is 210. The second-order valence-electron chi connectivity index (χ2n) is 18.5. The molecule has 0 aliphatic rings. The minimum absolute atomic E-state index is 0. The van der Waals surface area contributed by atoms with E-state index in [4.69, 9.17) is 0 Å². The van der Waals surface area contributed by atoms with Gasteiger partial charge in [0.25, 0.3) is 0 Å². The quantitative estimate of drug-likeness (QED) is 0.0432. The Hall–Kier alpha value is -6.29. The Morgan fingerprint density at radius 3 is 0.776 bits per heavy atom. The third-order valence-corrected chi connectivity index (χ3v) is 14.0. The molecule has 6 aromatic carbocycles. The number of nitrogens with zero attached hydrogens (tertiary/aromatic N) is 2. The van der Waals surface area contributed by atoms with Crippen LogP contribution >= 0.6 is 7.92 Å². The third kappa shape index (κ3) is 12.4. The summed E-state index contributed by atoms with van der Waals surface area (Å²) in [5, 5.41) is 15.0. The van der Waals surface area contributed by atoms with Crippen molar-refractivity contribution in [2.24, 2.45) is 0 Å². The van der Waals surface area contributed by atoms with Crippen molar-refractivity contribution < 1.29 is 91.9 Å². The first-order chi connectivity index (χ1) is 34.7. The van der Waals surface area contributed by atoms with Gasteiger partial charge in [0.2, 0.25) is 6.35 Å². The molecule has 0 bridgehead atoms. The second kappa shape index (κ2) is 24.8. The van der Waals surface area contributed by atoms with E-state index in [-0.39, 0.29) is 39.3 Å². The average molecular weight is 1270 g/mol. The summed E-state index contributed by atoms with van der Waals surface area (Å²) in [6.45, 7) is 13.3. The first kappa shape index (κ1) is 62.3. The molecule has 8 rings (SSSR count). The van der Waals surface area contributed by atoms with E-state index in [1.165, 1.54) is 27.0 Å². The van der Waals surface area contributed by atoms with Crippen LogP contribution in [0.15, 0.2) is 128 Å². The van der Waals surface area contributed by atoms with E-state index in [0.717, 1.165) is 11.4 Å². The van der Waals surface area contributed by atoms with Crippen molar-refractivity contribution in [2.75, 3.05) is 0 Å². The average Bonchev–Trinajstić information content (AvgIpc) is 3.38. The number of rotatable bonds is 7. The van der Waals surface area contributed by atoms with E-state index in [1.54, 1.807) is 0 Å². The second-order valence-corrected chi connectivity index (χ2v) is 20.7. The molecule has 0 fully saturated rings. The van der Waals surface area contributed by atoms with Gasteiger partial charge >= 0.3 is 21.1 Å². The monoisotopic (exact) mass is 1270 g/mol. The number of hydrogen-bond acceptors (Lipinski definition) is 3. The summed E-state index contributed by atoms with van der Waals surface area (Å²) in [6, 6.07) is 40.8. The topological polar surface area (TPSA) is 46.0 Å². The van der Waals surface area contributed by atoms with Crippen molar-refractivity contribution in [1.82, 2.24) is 9.97 Å². The molecule has 2 heterocycles. The largest absolute Gasteiger partial charge is 2.00 e. The zero-order valence-electron chi connectivity index (χ0n) is 41.0. The Morgan fingerprint density at radius 2 is 0.566 bits per heavy atom. The van der Waals surface area contributed by atoms with Crippen molar-refractivity contribution in [3.63, 3.8) is 0 Å². The summed E-state index contributed by atoms with van der Waals surface area (Å²) in [4.78, 5) is 8.97. The number of halogens is 15. The smallest absolute Gasteiger partial charge is 0.594 e. The van der Waals surface area contributed by atoms with Crippen molar-refractivity contribution in [3.8, 4) is 11.4 Å². The molecule has 0 saturated heterocycles. The van der Waals surface area contributed by atoms with Gasteiger partial charge in [0.05, 0.1) is 11.4 Å². The minimum atomic E-state index is -6.41.